The molecule has 1 saturated heterocycles. The molecule has 1 aromatic heterocycles. The van der Waals surface area contributed by atoms with Crippen LogP contribution in [0, 0.1) is 6.92 Å². The first-order valence-electron chi connectivity index (χ1n) is 6.68. The maximum absolute atomic E-state index is 10.7. The minimum absolute atomic E-state index is 0.0951. The lowest BCUT2D eigenvalue weighted by Crippen LogP contribution is -2.20. The van der Waals surface area contributed by atoms with Crippen LogP contribution in [0.4, 0.5) is 0 Å². The molecule has 0 unspecified atom stereocenters. The third-order valence-corrected chi connectivity index (χ3v) is 5.61. The van der Waals surface area contributed by atoms with E-state index in [4.69, 9.17) is 5.11 Å². The fraction of sp³-hybridized carbons (Fsp3) is 0.692. The number of aliphatic carboxylic acids is 1. The maximum Gasteiger partial charge on any atom is 0.308 e. The Morgan fingerprint density at radius 1 is 1.47 bits per heavy atom. The van der Waals surface area contributed by atoms with Gasteiger partial charge >= 0.3 is 5.97 Å². The Hall–Kier alpha value is -0.590. The predicted octanol–water partition coefficient (Wildman–Crippen LogP) is 2.66. The van der Waals surface area contributed by atoms with Crippen LogP contribution in [0.15, 0.2) is 4.34 Å². The average molecular weight is 300 g/mol. The summed E-state index contributed by atoms with van der Waals surface area (Å²) in [7, 11) is 0. The Kier molecular flexibility index (Phi) is 5.66. The van der Waals surface area contributed by atoms with Gasteiger partial charge in [-0.25, -0.2) is 4.98 Å². The molecule has 6 heteroatoms. The molecule has 0 aromatic carbocycles. The first-order chi connectivity index (χ1) is 9.15. The van der Waals surface area contributed by atoms with Gasteiger partial charge in [0.25, 0.3) is 0 Å². The molecule has 2 rings (SSSR count). The monoisotopic (exact) mass is 300 g/mol. The van der Waals surface area contributed by atoms with Gasteiger partial charge < -0.3 is 10.0 Å². The van der Waals surface area contributed by atoms with E-state index in [1.165, 1.54) is 50.2 Å². The first-order valence-corrected chi connectivity index (χ1v) is 8.48. The quantitative estimate of drug-likeness (QED) is 0.620. The number of aryl methyl sites for hydroxylation is 1. The average Bonchev–Trinajstić information content (AvgIpc) is 2.95. The standard InChI is InChI=1S/C13H20N2O2S2/c1-10-11(9-12(16)17)19-13(14-10)18-8-4-7-15-5-2-3-6-15/h2-9H2,1H3,(H,16,17). The summed E-state index contributed by atoms with van der Waals surface area (Å²) in [5.41, 5.74) is 0.870. The molecular weight excluding hydrogens is 280 g/mol. The predicted molar refractivity (Wildman–Crippen MR) is 79.2 cm³/mol. The van der Waals surface area contributed by atoms with Crippen LogP contribution in [0.25, 0.3) is 0 Å². The Morgan fingerprint density at radius 2 is 2.21 bits per heavy atom. The van der Waals surface area contributed by atoms with Crippen molar-refractivity contribution in [1.82, 2.24) is 9.88 Å². The number of hydrogen-bond donors (Lipinski definition) is 1. The molecule has 4 nitrogen and oxygen atoms in total. The van der Waals surface area contributed by atoms with E-state index < -0.39 is 5.97 Å². The highest BCUT2D eigenvalue weighted by molar-refractivity contribution is 8.01. The summed E-state index contributed by atoms with van der Waals surface area (Å²) in [6.07, 6.45) is 3.96. The second kappa shape index (κ2) is 7.26. The molecule has 0 bridgehead atoms. The van der Waals surface area contributed by atoms with Gasteiger partial charge in [0, 0.05) is 10.6 Å². The summed E-state index contributed by atoms with van der Waals surface area (Å²) in [4.78, 5) is 18.5. The van der Waals surface area contributed by atoms with Crippen LogP contribution in [0.5, 0.6) is 0 Å². The van der Waals surface area contributed by atoms with Crippen molar-refractivity contribution in [2.45, 2.75) is 36.9 Å². The van der Waals surface area contributed by atoms with Gasteiger partial charge in [0.05, 0.1) is 12.1 Å². The zero-order chi connectivity index (χ0) is 13.7. The van der Waals surface area contributed by atoms with E-state index in [1.54, 1.807) is 11.8 Å². The highest BCUT2D eigenvalue weighted by Crippen LogP contribution is 2.28. The van der Waals surface area contributed by atoms with Gasteiger partial charge in [-0.05, 0) is 45.8 Å². The Bertz CT molecular complexity index is 428. The molecule has 1 N–H and O–H groups in total. The fourth-order valence-electron chi connectivity index (χ4n) is 2.22. The third kappa shape index (κ3) is 4.78. The minimum atomic E-state index is -0.780. The number of nitrogens with zero attached hydrogens (tertiary/aromatic N) is 2. The van der Waals surface area contributed by atoms with Gasteiger partial charge in [-0.1, -0.05) is 11.8 Å². The highest BCUT2D eigenvalue weighted by Gasteiger charge is 2.12. The summed E-state index contributed by atoms with van der Waals surface area (Å²) in [5.74, 6) is 0.285. The second-order valence-electron chi connectivity index (χ2n) is 4.81. The Labute approximate surface area is 122 Å². The molecular formula is C13H20N2O2S2. The van der Waals surface area contributed by atoms with E-state index in [0.717, 1.165) is 20.7 Å². The molecule has 0 saturated carbocycles. The fourth-order valence-corrected chi connectivity index (χ4v) is 4.44. The smallest absolute Gasteiger partial charge is 0.308 e. The third-order valence-electron chi connectivity index (χ3n) is 3.23. The molecule has 106 valence electrons. The lowest BCUT2D eigenvalue weighted by molar-refractivity contribution is -0.136. The number of carboxylic acids is 1. The number of thioether (sulfide) groups is 1. The summed E-state index contributed by atoms with van der Waals surface area (Å²) in [6, 6.07) is 0. The van der Waals surface area contributed by atoms with Crippen molar-refractivity contribution in [3.8, 4) is 0 Å². The molecule has 2 heterocycles. The van der Waals surface area contributed by atoms with Crippen LogP contribution < -0.4 is 0 Å². The van der Waals surface area contributed by atoms with Crippen LogP contribution in [0.1, 0.15) is 29.8 Å². The first kappa shape index (κ1) is 14.8. The Balaban J connectivity index is 1.71. The van der Waals surface area contributed by atoms with Crippen molar-refractivity contribution >= 4 is 29.1 Å². The summed E-state index contributed by atoms with van der Waals surface area (Å²) < 4.78 is 1.01. The summed E-state index contributed by atoms with van der Waals surface area (Å²) >= 11 is 3.28. The number of rotatable bonds is 7. The van der Waals surface area contributed by atoms with Crippen molar-refractivity contribution in [3.63, 3.8) is 0 Å². The molecule has 0 amide bonds. The number of likely N-dealkylation sites (tertiary alicyclic amines) is 1. The van der Waals surface area contributed by atoms with E-state index >= 15 is 0 Å². The number of aromatic nitrogens is 1. The number of hydrogen-bond acceptors (Lipinski definition) is 5. The van der Waals surface area contributed by atoms with Crippen molar-refractivity contribution in [2.24, 2.45) is 0 Å². The van der Waals surface area contributed by atoms with Crippen LogP contribution in [-0.4, -0.2) is 46.3 Å². The molecule has 0 aliphatic carbocycles. The van der Waals surface area contributed by atoms with E-state index in [9.17, 15) is 4.79 Å². The van der Waals surface area contributed by atoms with Gasteiger partial charge in [-0.2, -0.15) is 0 Å². The second-order valence-corrected chi connectivity index (χ2v) is 7.24. The zero-order valence-corrected chi connectivity index (χ0v) is 12.9. The molecule has 0 radical (unpaired) electrons. The topological polar surface area (TPSA) is 53.4 Å². The molecule has 1 aliphatic rings. The molecule has 0 atom stereocenters. The van der Waals surface area contributed by atoms with Crippen LogP contribution in [0.3, 0.4) is 0 Å². The van der Waals surface area contributed by atoms with Crippen molar-refractivity contribution in [2.75, 3.05) is 25.4 Å². The number of thiazole rings is 1. The van der Waals surface area contributed by atoms with Gasteiger partial charge in [-0.15, -0.1) is 11.3 Å². The lowest BCUT2D eigenvalue weighted by Gasteiger charge is -2.13. The number of carbonyl (C=O) groups is 1. The van der Waals surface area contributed by atoms with Crippen molar-refractivity contribution < 1.29 is 9.90 Å². The molecule has 19 heavy (non-hydrogen) atoms. The molecule has 0 spiro atoms. The van der Waals surface area contributed by atoms with Crippen molar-refractivity contribution in [3.05, 3.63) is 10.6 Å². The molecule has 1 fully saturated rings. The normalized spacial score (nSPS) is 16.1. The van der Waals surface area contributed by atoms with Gasteiger partial charge in [0.1, 0.15) is 4.34 Å². The van der Waals surface area contributed by atoms with Gasteiger partial charge in [0.15, 0.2) is 0 Å². The SMILES string of the molecule is Cc1nc(SCCCN2CCCC2)sc1CC(=O)O. The van der Waals surface area contributed by atoms with E-state index in [1.807, 2.05) is 6.92 Å². The van der Waals surface area contributed by atoms with Gasteiger partial charge in [-0.3, -0.25) is 4.79 Å². The molecule has 1 aromatic rings. The van der Waals surface area contributed by atoms with E-state index in [-0.39, 0.29) is 6.42 Å². The van der Waals surface area contributed by atoms with E-state index in [2.05, 4.69) is 9.88 Å². The van der Waals surface area contributed by atoms with Crippen LogP contribution in [0.2, 0.25) is 0 Å². The molecule has 1 aliphatic heterocycles. The largest absolute Gasteiger partial charge is 0.481 e. The van der Waals surface area contributed by atoms with Crippen LogP contribution >= 0.6 is 23.1 Å². The van der Waals surface area contributed by atoms with Crippen molar-refractivity contribution in [1.29, 1.82) is 0 Å². The van der Waals surface area contributed by atoms with Gasteiger partial charge in [0.2, 0.25) is 0 Å². The summed E-state index contributed by atoms with van der Waals surface area (Å²) in [6.45, 7) is 5.58. The summed E-state index contributed by atoms with van der Waals surface area (Å²) in [5, 5.41) is 8.80. The lowest BCUT2D eigenvalue weighted by atomic mass is 10.3. The highest BCUT2D eigenvalue weighted by atomic mass is 32.2. The van der Waals surface area contributed by atoms with E-state index in [0.29, 0.717) is 0 Å². The Morgan fingerprint density at radius 3 is 2.89 bits per heavy atom. The zero-order valence-electron chi connectivity index (χ0n) is 11.2. The number of carboxylic acid groups (broad SMARTS) is 1. The van der Waals surface area contributed by atoms with Crippen LogP contribution in [-0.2, 0) is 11.2 Å². The minimum Gasteiger partial charge on any atom is -0.481 e. The maximum atomic E-state index is 10.7.